The first kappa shape index (κ1) is 10.7. The molecule has 84 valence electrons. The number of rotatable bonds is 3. The van der Waals surface area contributed by atoms with Crippen molar-refractivity contribution in [3.05, 3.63) is 36.1 Å². The molecule has 0 fully saturated rings. The van der Waals surface area contributed by atoms with Gasteiger partial charge in [0.05, 0.1) is 12.7 Å². The summed E-state index contributed by atoms with van der Waals surface area (Å²) in [6.07, 6.45) is 2.11. The van der Waals surface area contributed by atoms with E-state index in [2.05, 4.69) is 0 Å². The van der Waals surface area contributed by atoms with E-state index in [0.29, 0.717) is 6.42 Å². The third kappa shape index (κ3) is 2.08. The van der Waals surface area contributed by atoms with Crippen LogP contribution in [0.15, 0.2) is 34.9 Å². The zero-order chi connectivity index (χ0) is 11.5. The Labute approximate surface area is 94.7 Å². The van der Waals surface area contributed by atoms with Crippen molar-refractivity contribution < 1.29 is 9.21 Å². The average Bonchev–Trinajstić information content (AvgIpc) is 2.75. The number of likely N-dealkylation sites (N-methyl/N-ethyl adjacent to an activating group) is 1. The van der Waals surface area contributed by atoms with Gasteiger partial charge in [-0.1, -0.05) is 6.07 Å². The summed E-state index contributed by atoms with van der Waals surface area (Å²) in [5.41, 5.74) is 1.89. The van der Waals surface area contributed by atoms with E-state index in [1.54, 1.807) is 11.2 Å². The van der Waals surface area contributed by atoms with Gasteiger partial charge in [-0.3, -0.25) is 4.79 Å². The summed E-state index contributed by atoms with van der Waals surface area (Å²) < 4.78 is 5.25. The van der Waals surface area contributed by atoms with Crippen LogP contribution in [0.3, 0.4) is 0 Å². The second kappa shape index (κ2) is 4.39. The van der Waals surface area contributed by atoms with Gasteiger partial charge in [-0.25, -0.2) is 0 Å². The van der Waals surface area contributed by atoms with Crippen LogP contribution in [-0.4, -0.2) is 24.4 Å². The fourth-order valence-corrected chi connectivity index (χ4v) is 1.61. The number of carbonyl (C=O) groups is 1. The molecule has 3 nitrogen and oxygen atoms in total. The maximum Gasteiger partial charge on any atom is 0.226 e. The molecule has 2 aromatic rings. The van der Waals surface area contributed by atoms with Crippen molar-refractivity contribution in [2.45, 2.75) is 13.3 Å². The predicted octanol–water partition coefficient (Wildman–Crippen LogP) is 2.45. The Morgan fingerprint density at radius 2 is 2.19 bits per heavy atom. The number of fused-ring (bicyclic) bond motifs is 1. The van der Waals surface area contributed by atoms with Gasteiger partial charge in [0.25, 0.3) is 0 Å². The summed E-state index contributed by atoms with van der Waals surface area (Å²) in [6.45, 7) is 2.71. The molecular formula is C13H15NO2. The zero-order valence-corrected chi connectivity index (χ0v) is 9.56. The van der Waals surface area contributed by atoms with E-state index in [1.165, 1.54) is 0 Å². The molecule has 1 aromatic carbocycles. The largest absolute Gasteiger partial charge is 0.464 e. The summed E-state index contributed by atoms with van der Waals surface area (Å²) in [5, 5.41) is 1.05. The molecule has 0 saturated carbocycles. The maximum absolute atomic E-state index is 11.7. The van der Waals surface area contributed by atoms with E-state index in [4.69, 9.17) is 4.42 Å². The molecule has 0 aliphatic rings. The molecule has 0 spiro atoms. The van der Waals surface area contributed by atoms with Crippen molar-refractivity contribution in [2.24, 2.45) is 0 Å². The van der Waals surface area contributed by atoms with E-state index in [0.717, 1.165) is 23.1 Å². The highest BCUT2D eigenvalue weighted by Gasteiger charge is 2.08. The van der Waals surface area contributed by atoms with Gasteiger partial charge in [0.2, 0.25) is 5.91 Å². The molecular weight excluding hydrogens is 202 g/mol. The maximum atomic E-state index is 11.7. The smallest absolute Gasteiger partial charge is 0.226 e. The van der Waals surface area contributed by atoms with Gasteiger partial charge in [0, 0.05) is 19.0 Å². The lowest BCUT2D eigenvalue weighted by Gasteiger charge is -2.14. The molecule has 0 saturated heterocycles. The van der Waals surface area contributed by atoms with Crippen LogP contribution in [0.1, 0.15) is 12.5 Å². The molecule has 0 N–H and O–H groups in total. The van der Waals surface area contributed by atoms with Gasteiger partial charge in [0.15, 0.2) is 0 Å². The molecule has 0 aliphatic carbocycles. The van der Waals surface area contributed by atoms with Crippen LogP contribution in [0.4, 0.5) is 0 Å². The molecule has 1 aromatic heterocycles. The van der Waals surface area contributed by atoms with Gasteiger partial charge in [-0.15, -0.1) is 0 Å². The summed E-state index contributed by atoms with van der Waals surface area (Å²) in [4.78, 5) is 13.4. The van der Waals surface area contributed by atoms with Gasteiger partial charge in [-0.2, -0.15) is 0 Å². The second-order valence-electron chi connectivity index (χ2n) is 3.88. The van der Waals surface area contributed by atoms with Crippen molar-refractivity contribution in [3.8, 4) is 0 Å². The van der Waals surface area contributed by atoms with Crippen molar-refractivity contribution >= 4 is 16.9 Å². The molecule has 0 unspecified atom stereocenters. The van der Waals surface area contributed by atoms with Crippen LogP contribution in [-0.2, 0) is 11.2 Å². The van der Waals surface area contributed by atoms with Crippen LogP contribution in [0.5, 0.6) is 0 Å². The monoisotopic (exact) mass is 217 g/mol. The lowest BCUT2D eigenvalue weighted by atomic mass is 10.1. The first-order valence-corrected chi connectivity index (χ1v) is 5.41. The fourth-order valence-electron chi connectivity index (χ4n) is 1.61. The first-order chi connectivity index (χ1) is 7.70. The van der Waals surface area contributed by atoms with Gasteiger partial charge >= 0.3 is 0 Å². The van der Waals surface area contributed by atoms with E-state index in [9.17, 15) is 4.79 Å². The number of amides is 1. The molecule has 16 heavy (non-hydrogen) atoms. The van der Waals surface area contributed by atoms with Crippen molar-refractivity contribution in [3.63, 3.8) is 0 Å². The Bertz CT molecular complexity index is 501. The minimum Gasteiger partial charge on any atom is -0.464 e. The van der Waals surface area contributed by atoms with Crippen molar-refractivity contribution in [1.82, 2.24) is 4.90 Å². The standard InChI is InChI=1S/C13H15NO2/c1-3-14(2)13(15)9-10-4-5-12-11(8-10)6-7-16-12/h4-8H,3,9H2,1-2H3. The predicted molar refractivity (Wildman–Crippen MR) is 63.2 cm³/mol. The highest BCUT2D eigenvalue weighted by atomic mass is 16.3. The van der Waals surface area contributed by atoms with E-state index in [1.807, 2.05) is 38.2 Å². The Hall–Kier alpha value is -1.77. The van der Waals surface area contributed by atoms with E-state index < -0.39 is 0 Å². The minimum atomic E-state index is 0.144. The highest BCUT2D eigenvalue weighted by molar-refractivity contribution is 5.82. The fraction of sp³-hybridized carbons (Fsp3) is 0.308. The Morgan fingerprint density at radius 3 is 2.94 bits per heavy atom. The first-order valence-electron chi connectivity index (χ1n) is 5.41. The van der Waals surface area contributed by atoms with Crippen molar-refractivity contribution in [2.75, 3.05) is 13.6 Å². The molecule has 0 atom stereocenters. The molecule has 0 aliphatic heterocycles. The van der Waals surface area contributed by atoms with Crippen LogP contribution >= 0.6 is 0 Å². The molecule has 0 bridgehead atoms. The van der Waals surface area contributed by atoms with Gasteiger partial charge in [0.1, 0.15) is 5.58 Å². The highest BCUT2D eigenvalue weighted by Crippen LogP contribution is 2.17. The van der Waals surface area contributed by atoms with Crippen LogP contribution in [0, 0.1) is 0 Å². The Kier molecular flexibility index (Phi) is 2.95. The topological polar surface area (TPSA) is 33.5 Å². The lowest BCUT2D eigenvalue weighted by molar-refractivity contribution is -0.128. The summed E-state index contributed by atoms with van der Waals surface area (Å²) in [6, 6.07) is 7.75. The number of benzene rings is 1. The quantitative estimate of drug-likeness (QED) is 0.791. The SMILES string of the molecule is CCN(C)C(=O)Cc1ccc2occc2c1. The van der Waals surface area contributed by atoms with Crippen LogP contribution in [0.2, 0.25) is 0 Å². The average molecular weight is 217 g/mol. The molecule has 3 heteroatoms. The third-order valence-electron chi connectivity index (χ3n) is 2.77. The number of furan rings is 1. The van der Waals surface area contributed by atoms with E-state index in [-0.39, 0.29) is 5.91 Å². The van der Waals surface area contributed by atoms with Gasteiger partial charge in [-0.05, 0) is 30.7 Å². The van der Waals surface area contributed by atoms with Crippen LogP contribution in [0.25, 0.3) is 11.0 Å². The number of carbonyl (C=O) groups excluding carboxylic acids is 1. The normalized spacial score (nSPS) is 10.6. The number of nitrogens with zero attached hydrogens (tertiary/aromatic N) is 1. The minimum absolute atomic E-state index is 0.144. The van der Waals surface area contributed by atoms with Crippen LogP contribution < -0.4 is 0 Å². The summed E-state index contributed by atoms with van der Waals surface area (Å²) in [5.74, 6) is 0.144. The lowest BCUT2D eigenvalue weighted by Crippen LogP contribution is -2.27. The molecule has 1 amide bonds. The Balaban J connectivity index is 2.17. The van der Waals surface area contributed by atoms with Crippen molar-refractivity contribution in [1.29, 1.82) is 0 Å². The van der Waals surface area contributed by atoms with E-state index >= 15 is 0 Å². The summed E-state index contributed by atoms with van der Waals surface area (Å²) >= 11 is 0. The molecule has 2 rings (SSSR count). The third-order valence-corrected chi connectivity index (χ3v) is 2.77. The summed E-state index contributed by atoms with van der Waals surface area (Å²) in [7, 11) is 1.82. The molecule has 0 radical (unpaired) electrons. The van der Waals surface area contributed by atoms with Gasteiger partial charge < -0.3 is 9.32 Å². The number of hydrogen-bond acceptors (Lipinski definition) is 2. The molecule has 1 heterocycles. The zero-order valence-electron chi connectivity index (χ0n) is 9.56. The number of hydrogen-bond donors (Lipinski definition) is 0. The second-order valence-corrected chi connectivity index (χ2v) is 3.88. The Morgan fingerprint density at radius 1 is 1.38 bits per heavy atom.